The van der Waals surface area contributed by atoms with Gasteiger partial charge in [-0.1, -0.05) is 30.3 Å². The number of hydrogen-bond donors (Lipinski definition) is 2. The fraction of sp³-hybridized carbons (Fsp3) is 0.278. The second-order valence-electron chi connectivity index (χ2n) is 5.71. The second kappa shape index (κ2) is 7.09. The van der Waals surface area contributed by atoms with E-state index in [2.05, 4.69) is 31.4 Å². The van der Waals surface area contributed by atoms with Gasteiger partial charge in [0.25, 0.3) is 5.91 Å². The molecule has 1 amide bonds. The molecule has 0 spiro atoms. The van der Waals surface area contributed by atoms with Crippen molar-refractivity contribution in [2.45, 2.75) is 24.9 Å². The zero-order chi connectivity index (χ0) is 17.7. The van der Waals surface area contributed by atoms with Crippen molar-refractivity contribution in [3.05, 3.63) is 53.6 Å². The monoisotopic (exact) mass is 335 g/mol. The SMILES string of the molecule is C#CCCC1(CCNC(=O)c2[nH]cnc2C(=O)c2ccccc2)N=N1. The molecule has 2 aromatic rings. The lowest BCUT2D eigenvalue weighted by Gasteiger charge is -2.09. The van der Waals surface area contributed by atoms with Crippen LogP contribution in [0.2, 0.25) is 0 Å². The number of carbonyl (C=O) groups excluding carboxylic acids is 2. The molecule has 1 aromatic heterocycles. The van der Waals surface area contributed by atoms with E-state index >= 15 is 0 Å². The highest BCUT2D eigenvalue weighted by Crippen LogP contribution is 2.36. The van der Waals surface area contributed by atoms with E-state index in [9.17, 15) is 9.59 Å². The zero-order valence-electron chi connectivity index (χ0n) is 13.5. The van der Waals surface area contributed by atoms with Gasteiger partial charge in [-0.3, -0.25) is 9.59 Å². The first-order valence-corrected chi connectivity index (χ1v) is 7.94. The van der Waals surface area contributed by atoms with Crippen molar-refractivity contribution in [2.24, 2.45) is 10.2 Å². The average molecular weight is 335 g/mol. The Morgan fingerprint density at radius 1 is 1.20 bits per heavy atom. The van der Waals surface area contributed by atoms with Crippen molar-refractivity contribution in [3.8, 4) is 12.3 Å². The van der Waals surface area contributed by atoms with Gasteiger partial charge in [0.1, 0.15) is 11.4 Å². The Kier molecular flexibility index (Phi) is 4.70. The summed E-state index contributed by atoms with van der Waals surface area (Å²) in [5.41, 5.74) is 0.284. The van der Waals surface area contributed by atoms with Crippen LogP contribution in [0.15, 0.2) is 46.9 Å². The van der Waals surface area contributed by atoms with Crippen molar-refractivity contribution in [2.75, 3.05) is 6.54 Å². The Balaban J connectivity index is 1.60. The van der Waals surface area contributed by atoms with Crippen molar-refractivity contribution >= 4 is 11.7 Å². The van der Waals surface area contributed by atoms with E-state index in [1.165, 1.54) is 6.33 Å². The van der Waals surface area contributed by atoms with Gasteiger partial charge in [0.15, 0.2) is 5.66 Å². The van der Waals surface area contributed by atoms with E-state index < -0.39 is 5.66 Å². The van der Waals surface area contributed by atoms with Gasteiger partial charge in [-0.25, -0.2) is 4.98 Å². The maximum atomic E-state index is 12.5. The third-order valence-corrected chi connectivity index (χ3v) is 3.98. The van der Waals surface area contributed by atoms with Crippen LogP contribution in [-0.2, 0) is 0 Å². The van der Waals surface area contributed by atoms with Crippen LogP contribution < -0.4 is 5.32 Å². The molecule has 0 aliphatic carbocycles. The average Bonchev–Trinajstić information content (AvgIpc) is 3.23. The number of aromatic nitrogens is 2. The summed E-state index contributed by atoms with van der Waals surface area (Å²) in [6.07, 6.45) is 8.45. The standard InChI is InChI=1S/C18H17N5O2/c1-2-3-9-18(22-23-18)10-11-19-17(25)15-14(20-12-21-15)16(24)13-7-5-4-6-8-13/h1,4-8,12H,3,9-11H2,(H,19,25)(H,20,21). The molecule has 7 heteroatoms. The molecule has 0 unspecified atom stereocenters. The summed E-state index contributed by atoms with van der Waals surface area (Å²) in [4.78, 5) is 31.6. The number of H-pyrrole nitrogens is 1. The highest BCUT2D eigenvalue weighted by atomic mass is 16.2. The summed E-state index contributed by atoms with van der Waals surface area (Å²) in [5, 5.41) is 10.8. The zero-order valence-corrected chi connectivity index (χ0v) is 13.5. The molecule has 1 aliphatic heterocycles. The minimum absolute atomic E-state index is 0.103. The molecular weight excluding hydrogens is 318 g/mol. The second-order valence-corrected chi connectivity index (χ2v) is 5.71. The van der Waals surface area contributed by atoms with Crippen molar-refractivity contribution in [1.29, 1.82) is 0 Å². The normalized spacial score (nSPS) is 13.9. The van der Waals surface area contributed by atoms with Crippen molar-refractivity contribution in [3.63, 3.8) is 0 Å². The Bertz CT molecular complexity index is 842. The van der Waals surface area contributed by atoms with Crippen LogP contribution >= 0.6 is 0 Å². The fourth-order valence-corrected chi connectivity index (χ4v) is 2.50. The molecule has 3 rings (SSSR count). The molecule has 0 atom stereocenters. The summed E-state index contributed by atoms with van der Waals surface area (Å²) in [7, 11) is 0. The number of ketones is 1. The summed E-state index contributed by atoms with van der Waals surface area (Å²) >= 11 is 0. The molecule has 2 N–H and O–H groups in total. The molecule has 0 fully saturated rings. The molecule has 0 saturated carbocycles. The number of rotatable bonds is 8. The lowest BCUT2D eigenvalue weighted by Crippen LogP contribution is -2.29. The van der Waals surface area contributed by atoms with Crippen LogP contribution in [0.5, 0.6) is 0 Å². The summed E-state index contributed by atoms with van der Waals surface area (Å²) in [5.74, 6) is 1.88. The Morgan fingerprint density at radius 3 is 2.64 bits per heavy atom. The van der Waals surface area contributed by atoms with E-state index in [0.717, 1.165) is 0 Å². The molecule has 1 aliphatic rings. The molecule has 7 nitrogen and oxygen atoms in total. The maximum Gasteiger partial charge on any atom is 0.270 e. The van der Waals surface area contributed by atoms with E-state index in [-0.39, 0.29) is 23.1 Å². The molecule has 1 aromatic carbocycles. The van der Waals surface area contributed by atoms with E-state index in [1.807, 2.05) is 6.07 Å². The molecule has 0 radical (unpaired) electrons. The number of carbonyl (C=O) groups is 2. The summed E-state index contributed by atoms with van der Waals surface area (Å²) in [6, 6.07) is 8.71. The van der Waals surface area contributed by atoms with Gasteiger partial charge in [0.05, 0.1) is 6.33 Å². The predicted molar refractivity (Wildman–Crippen MR) is 91.1 cm³/mol. The lowest BCUT2D eigenvalue weighted by molar-refractivity contribution is 0.0935. The Morgan fingerprint density at radius 2 is 1.96 bits per heavy atom. The Hall–Kier alpha value is -3.27. The van der Waals surface area contributed by atoms with Gasteiger partial charge in [0.2, 0.25) is 5.78 Å². The van der Waals surface area contributed by atoms with Crippen LogP contribution in [-0.4, -0.2) is 33.9 Å². The third-order valence-electron chi connectivity index (χ3n) is 3.98. The Labute approximate surface area is 145 Å². The molecule has 0 saturated heterocycles. The first-order chi connectivity index (χ1) is 12.2. The first-order valence-electron chi connectivity index (χ1n) is 7.94. The number of nitrogens with zero attached hydrogens (tertiary/aromatic N) is 3. The van der Waals surface area contributed by atoms with E-state index in [1.54, 1.807) is 24.3 Å². The van der Waals surface area contributed by atoms with Gasteiger partial charge in [0, 0.05) is 31.4 Å². The van der Waals surface area contributed by atoms with Crippen LogP contribution in [0.25, 0.3) is 0 Å². The highest BCUT2D eigenvalue weighted by Gasteiger charge is 2.38. The van der Waals surface area contributed by atoms with Crippen molar-refractivity contribution in [1.82, 2.24) is 15.3 Å². The minimum Gasteiger partial charge on any atom is -0.351 e. The smallest absolute Gasteiger partial charge is 0.270 e. The van der Waals surface area contributed by atoms with E-state index in [4.69, 9.17) is 6.42 Å². The number of amides is 1. The van der Waals surface area contributed by atoms with Gasteiger partial charge in [-0.15, -0.1) is 12.3 Å². The summed E-state index contributed by atoms with van der Waals surface area (Å²) in [6.45, 7) is 0.383. The van der Waals surface area contributed by atoms with Crippen LogP contribution in [0.3, 0.4) is 0 Å². The largest absolute Gasteiger partial charge is 0.351 e. The quantitative estimate of drug-likeness (QED) is 0.572. The predicted octanol–water partition coefficient (Wildman–Crippen LogP) is 2.34. The number of terminal acetylenes is 1. The molecule has 126 valence electrons. The highest BCUT2D eigenvalue weighted by molar-refractivity contribution is 6.13. The van der Waals surface area contributed by atoms with Gasteiger partial charge in [-0.05, 0) is 0 Å². The van der Waals surface area contributed by atoms with Crippen LogP contribution in [0.1, 0.15) is 45.8 Å². The molecule has 0 bridgehead atoms. The number of aromatic amines is 1. The lowest BCUT2D eigenvalue weighted by atomic mass is 10.0. The van der Waals surface area contributed by atoms with Gasteiger partial charge < -0.3 is 10.3 Å². The number of imidazole rings is 1. The fourth-order valence-electron chi connectivity index (χ4n) is 2.50. The maximum absolute atomic E-state index is 12.5. The van der Waals surface area contributed by atoms with Crippen molar-refractivity contribution < 1.29 is 9.59 Å². The van der Waals surface area contributed by atoms with Crippen LogP contribution in [0.4, 0.5) is 0 Å². The number of nitrogens with one attached hydrogen (secondary N) is 2. The number of benzene rings is 1. The molecular formula is C18H17N5O2. The van der Waals surface area contributed by atoms with E-state index in [0.29, 0.717) is 31.4 Å². The minimum atomic E-state index is -0.448. The topological polar surface area (TPSA) is 99.6 Å². The third kappa shape index (κ3) is 3.80. The first kappa shape index (κ1) is 16.6. The van der Waals surface area contributed by atoms with Crippen LogP contribution in [0, 0.1) is 12.3 Å². The summed E-state index contributed by atoms with van der Waals surface area (Å²) < 4.78 is 0. The molecule has 25 heavy (non-hydrogen) atoms. The van der Waals surface area contributed by atoms with Gasteiger partial charge in [-0.2, -0.15) is 10.2 Å². The van der Waals surface area contributed by atoms with Gasteiger partial charge >= 0.3 is 0 Å². The molecule has 2 heterocycles. The number of hydrogen-bond acceptors (Lipinski definition) is 5.